The first kappa shape index (κ1) is 12.5. The lowest BCUT2D eigenvalue weighted by atomic mass is 10.3. The van der Waals surface area contributed by atoms with Crippen molar-refractivity contribution in [2.75, 3.05) is 0 Å². The van der Waals surface area contributed by atoms with Gasteiger partial charge in [0.1, 0.15) is 5.54 Å². The zero-order valence-electron chi connectivity index (χ0n) is 11.0. The summed E-state index contributed by atoms with van der Waals surface area (Å²) in [6.45, 7) is 3.66. The molecule has 0 spiro atoms. The van der Waals surface area contributed by atoms with Gasteiger partial charge in [-0.25, -0.2) is 14.3 Å². The van der Waals surface area contributed by atoms with Crippen molar-refractivity contribution in [3.05, 3.63) is 23.3 Å². The van der Waals surface area contributed by atoms with E-state index in [4.69, 9.17) is 5.11 Å². The lowest BCUT2D eigenvalue weighted by Crippen LogP contribution is -2.43. The normalized spacial score (nSPS) is 16.1. The van der Waals surface area contributed by atoms with Crippen LogP contribution >= 0.6 is 0 Å². The van der Waals surface area contributed by atoms with Crippen LogP contribution in [0.25, 0.3) is 5.78 Å². The molecule has 1 aliphatic rings. The summed E-state index contributed by atoms with van der Waals surface area (Å²) in [6, 6.07) is 1.82. The number of fused-ring (bicyclic) bond motifs is 1. The van der Waals surface area contributed by atoms with Crippen molar-refractivity contribution < 1.29 is 14.7 Å². The first-order chi connectivity index (χ1) is 9.41. The highest BCUT2D eigenvalue weighted by Gasteiger charge is 2.52. The Bertz CT molecular complexity index is 732. The maximum absolute atomic E-state index is 12.0. The van der Waals surface area contributed by atoms with Crippen molar-refractivity contribution in [1.82, 2.24) is 24.9 Å². The number of hydrogen-bond acceptors (Lipinski definition) is 5. The molecular weight excluding hydrogens is 262 g/mol. The number of nitrogens with zero attached hydrogens (tertiary/aromatic N) is 4. The summed E-state index contributed by atoms with van der Waals surface area (Å²) >= 11 is 0. The van der Waals surface area contributed by atoms with Crippen LogP contribution in [0.3, 0.4) is 0 Å². The molecular formula is C12H13N5O3. The molecule has 2 N–H and O–H groups in total. The molecule has 0 aliphatic heterocycles. The van der Waals surface area contributed by atoms with Gasteiger partial charge in [-0.05, 0) is 32.8 Å². The SMILES string of the molecule is Cc1cc(C)n2nc(C(=O)NC3(C(=O)O)CC3)nc2n1. The fourth-order valence-corrected chi connectivity index (χ4v) is 2.05. The van der Waals surface area contributed by atoms with Gasteiger partial charge >= 0.3 is 5.97 Å². The summed E-state index contributed by atoms with van der Waals surface area (Å²) in [5.41, 5.74) is 0.435. The van der Waals surface area contributed by atoms with Gasteiger partial charge in [-0.2, -0.15) is 4.98 Å². The predicted molar refractivity (Wildman–Crippen MR) is 67.3 cm³/mol. The number of carboxylic acid groups (broad SMARTS) is 1. The standard InChI is InChI=1S/C12H13N5O3/c1-6-5-7(2)17-11(13-6)14-8(16-17)9(18)15-12(3-4-12)10(19)20/h5H,3-4H2,1-2H3,(H,15,18)(H,19,20). The summed E-state index contributed by atoms with van der Waals surface area (Å²) in [6.07, 6.45) is 0.857. The number of aliphatic carboxylic acids is 1. The van der Waals surface area contributed by atoms with E-state index in [0.29, 0.717) is 18.6 Å². The van der Waals surface area contributed by atoms with Crippen molar-refractivity contribution in [3.8, 4) is 0 Å². The first-order valence-electron chi connectivity index (χ1n) is 6.18. The number of rotatable bonds is 3. The number of aryl methyl sites for hydroxylation is 2. The second-order valence-electron chi connectivity index (χ2n) is 5.03. The van der Waals surface area contributed by atoms with E-state index < -0.39 is 17.4 Å². The van der Waals surface area contributed by atoms with E-state index in [2.05, 4.69) is 20.4 Å². The third-order valence-electron chi connectivity index (χ3n) is 3.33. The Morgan fingerprint density at radius 3 is 2.65 bits per heavy atom. The Kier molecular flexibility index (Phi) is 2.50. The summed E-state index contributed by atoms with van der Waals surface area (Å²) in [4.78, 5) is 31.3. The third-order valence-corrected chi connectivity index (χ3v) is 3.33. The summed E-state index contributed by atoms with van der Waals surface area (Å²) in [5, 5.41) is 15.6. The minimum Gasteiger partial charge on any atom is -0.480 e. The number of carboxylic acids is 1. The van der Waals surface area contributed by atoms with Crippen molar-refractivity contribution in [3.63, 3.8) is 0 Å². The van der Waals surface area contributed by atoms with E-state index >= 15 is 0 Å². The molecule has 0 aromatic carbocycles. The maximum atomic E-state index is 12.0. The van der Waals surface area contributed by atoms with Crippen LogP contribution in [0.4, 0.5) is 0 Å². The Morgan fingerprint density at radius 1 is 1.35 bits per heavy atom. The largest absolute Gasteiger partial charge is 0.480 e. The molecule has 0 radical (unpaired) electrons. The lowest BCUT2D eigenvalue weighted by molar-refractivity contribution is -0.140. The second kappa shape index (κ2) is 3.99. The van der Waals surface area contributed by atoms with Crippen molar-refractivity contribution in [2.24, 2.45) is 0 Å². The van der Waals surface area contributed by atoms with Gasteiger partial charge in [0.2, 0.25) is 5.82 Å². The Hall–Kier alpha value is -2.51. The molecule has 104 valence electrons. The van der Waals surface area contributed by atoms with Gasteiger partial charge in [-0.3, -0.25) is 4.79 Å². The molecule has 2 aromatic rings. The lowest BCUT2D eigenvalue weighted by Gasteiger charge is -2.09. The molecule has 1 aliphatic carbocycles. The van der Waals surface area contributed by atoms with Gasteiger partial charge in [-0.15, -0.1) is 5.10 Å². The minimum absolute atomic E-state index is 0.0706. The number of nitrogens with one attached hydrogen (secondary N) is 1. The number of amides is 1. The van der Waals surface area contributed by atoms with E-state index in [1.165, 1.54) is 4.52 Å². The highest BCUT2D eigenvalue weighted by Crippen LogP contribution is 2.35. The van der Waals surface area contributed by atoms with E-state index in [-0.39, 0.29) is 5.82 Å². The van der Waals surface area contributed by atoms with Crippen LogP contribution in [0.2, 0.25) is 0 Å². The fourth-order valence-electron chi connectivity index (χ4n) is 2.05. The van der Waals surface area contributed by atoms with Gasteiger partial charge in [0.25, 0.3) is 11.7 Å². The number of carbonyl (C=O) groups excluding carboxylic acids is 1. The monoisotopic (exact) mass is 275 g/mol. The Morgan fingerprint density at radius 2 is 2.05 bits per heavy atom. The summed E-state index contributed by atoms with van der Waals surface area (Å²) in [7, 11) is 0. The molecule has 0 bridgehead atoms. The molecule has 20 heavy (non-hydrogen) atoms. The van der Waals surface area contributed by atoms with Gasteiger partial charge in [-0.1, -0.05) is 0 Å². The number of hydrogen-bond donors (Lipinski definition) is 2. The van der Waals surface area contributed by atoms with Gasteiger partial charge < -0.3 is 10.4 Å². The molecule has 0 saturated heterocycles. The van der Waals surface area contributed by atoms with Crippen LogP contribution in [0, 0.1) is 13.8 Å². The van der Waals surface area contributed by atoms with Crippen LogP contribution in [0.5, 0.6) is 0 Å². The highest BCUT2D eigenvalue weighted by molar-refractivity contribution is 5.96. The zero-order valence-corrected chi connectivity index (χ0v) is 11.0. The molecule has 1 fully saturated rings. The van der Waals surface area contributed by atoms with Gasteiger partial charge in [0.15, 0.2) is 0 Å². The fraction of sp³-hybridized carbons (Fsp3) is 0.417. The Balaban J connectivity index is 1.93. The molecule has 0 unspecified atom stereocenters. The van der Waals surface area contributed by atoms with Crippen molar-refractivity contribution >= 4 is 17.7 Å². The second-order valence-corrected chi connectivity index (χ2v) is 5.03. The summed E-state index contributed by atoms with van der Waals surface area (Å²) < 4.78 is 1.46. The number of carbonyl (C=O) groups is 2. The molecule has 1 saturated carbocycles. The predicted octanol–water partition coefficient (Wildman–Crippen LogP) is 0.0881. The third kappa shape index (κ3) is 1.89. The molecule has 8 heteroatoms. The quantitative estimate of drug-likeness (QED) is 0.821. The first-order valence-corrected chi connectivity index (χ1v) is 6.18. The smallest absolute Gasteiger partial charge is 0.329 e. The van der Waals surface area contributed by atoms with Crippen LogP contribution in [-0.2, 0) is 4.79 Å². The average Bonchev–Trinajstić information content (AvgIpc) is 3.00. The van der Waals surface area contributed by atoms with Crippen LogP contribution in [0.15, 0.2) is 6.07 Å². The van der Waals surface area contributed by atoms with Crippen LogP contribution in [-0.4, -0.2) is 42.1 Å². The van der Waals surface area contributed by atoms with Crippen molar-refractivity contribution in [1.29, 1.82) is 0 Å². The zero-order chi connectivity index (χ0) is 14.5. The van der Waals surface area contributed by atoms with E-state index in [1.807, 2.05) is 19.9 Å². The van der Waals surface area contributed by atoms with Gasteiger partial charge in [0.05, 0.1) is 0 Å². The highest BCUT2D eigenvalue weighted by atomic mass is 16.4. The van der Waals surface area contributed by atoms with Crippen molar-refractivity contribution in [2.45, 2.75) is 32.2 Å². The maximum Gasteiger partial charge on any atom is 0.329 e. The number of aromatic nitrogens is 4. The molecule has 3 rings (SSSR count). The molecule has 2 heterocycles. The average molecular weight is 275 g/mol. The van der Waals surface area contributed by atoms with Crippen LogP contribution in [0.1, 0.15) is 34.8 Å². The molecule has 8 nitrogen and oxygen atoms in total. The molecule has 2 aromatic heterocycles. The van der Waals surface area contributed by atoms with E-state index in [0.717, 1.165) is 11.4 Å². The van der Waals surface area contributed by atoms with E-state index in [9.17, 15) is 9.59 Å². The van der Waals surface area contributed by atoms with Crippen LogP contribution < -0.4 is 5.32 Å². The Labute approximate surface area is 113 Å². The summed E-state index contributed by atoms with van der Waals surface area (Å²) in [5.74, 6) is -1.36. The topological polar surface area (TPSA) is 109 Å². The molecule has 1 amide bonds. The van der Waals surface area contributed by atoms with E-state index in [1.54, 1.807) is 0 Å². The minimum atomic E-state index is -1.15. The van der Waals surface area contributed by atoms with Gasteiger partial charge in [0, 0.05) is 11.4 Å². The molecule has 0 atom stereocenters.